The summed E-state index contributed by atoms with van der Waals surface area (Å²) < 4.78 is 0. The Morgan fingerprint density at radius 2 is 1.65 bits per heavy atom. The van der Waals surface area contributed by atoms with Crippen molar-refractivity contribution in [2.24, 2.45) is 0 Å². The van der Waals surface area contributed by atoms with Crippen molar-refractivity contribution < 1.29 is 4.79 Å². The number of rotatable bonds is 3. The van der Waals surface area contributed by atoms with Crippen molar-refractivity contribution in [3.8, 4) is 0 Å². The molecule has 1 aliphatic rings. The molecular formula is C18H22N4O. The lowest BCUT2D eigenvalue weighted by Crippen LogP contribution is -2.44. The maximum absolute atomic E-state index is 12.3. The van der Waals surface area contributed by atoms with Crippen LogP contribution in [0.25, 0.3) is 0 Å². The number of carbonyl (C=O) groups excluding carboxylic acids is 1. The fourth-order valence-electron chi connectivity index (χ4n) is 2.72. The number of nitrogens with zero attached hydrogens (tertiary/aromatic N) is 2. The Morgan fingerprint density at radius 3 is 2.30 bits per heavy atom. The molecule has 0 radical (unpaired) electrons. The number of nitrogens with two attached hydrogens (primary N) is 1. The largest absolute Gasteiger partial charge is 0.398 e. The molecule has 120 valence electrons. The van der Waals surface area contributed by atoms with Crippen molar-refractivity contribution in [1.29, 1.82) is 0 Å². The second-order valence-corrected chi connectivity index (χ2v) is 5.88. The van der Waals surface area contributed by atoms with Gasteiger partial charge in [-0.25, -0.2) is 0 Å². The summed E-state index contributed by atoms with van der Waals surface area (Å²) >= 11 is 0. The smallest absolute Gasteiger partial charge is 0.257 e. The monoisotopic (exact) mass is 310 g/mol. The Morgan fingerprint density at radius 1 is 1.00 bits per heavy atom. The predicted molar refractivity (Wildman–Crippen MR) is 95.0 cm³/mol. The number of carbonyl (C=O) groups is 1. The van der Waals surface area contributed by atoms with Gasteiger partial charge in [0.2, 0.25) is 0 Å². The first-order valence-corrected chi connectivity index (χ1v) is 7.83. The summed E-state index contributed by atoms with van der Waals surface area (Å²) in [6.07, 6.45) is 0. The highest BCUT2D eigenvalue weighted by Crippen LogP contribution is 2.20. The van der Waals surface area contributed by atoms with Crippen LogP contribution in [0.15, 0.2) is 48.5 Å². The van der Waals surface area contributed by atoms with Crippen LogP contribution in [0.2, 0.25) is 0 Å². The minimum atomic E-state index is -0.185. The zero-order chi connectivity index (χ0) is 16.2. The van der Waals surface area contributed by atoms with Gasteiger partial charge in [-0.3, -0.25) is 4.79 Å². The normalized spacial score (nSPS) is 15.4. The molecule has 1 heterocycles. The van der Waals surface area contributed by atoms with Gasteiger partial charge in [-0.1, -0.05) is 12.1 Å². The number of para-hydroxylation sites is 1. The second kappa shape index (κ2) is 6.71. The molecule has 2 aromatic carbocycles. The van der Waals surface area contributed by atoms with Gasteiger partial charge >= 0.3 is 0 Å². The third-order valence-electron chi connectivity index (χ3n) is 4.20. The zero-order valence-electron chi connectivity index (χ0n) is 13.3. The number of nitrogen functional groups attached to an aromatic ring is 1. The van der Waals surface area contributed by atoms with E-state index in [0.29, 0.717) is 11.3 Å². The van der Waals surface area contributed by atoms with Gasteiger partial charge in [0.05, 0.1) is 5.56 Å². The fraction of sp³-hybridized carbons (Fsp3) is 0.278. The highest BCUT2D eigenvalue weighted by Gasteiger charge is 2.14. The molecule has 3 rings (SSSR count). The Kier molecular flexibility index (Phi) is 4.48. The first-order valence-electron chi connectivity index (χ1n) is 7.83. The molecule has 1 aliphatic heterocycles. The first-order chi connectivity index (χ1) is 11.1. The van der Waals surface area contributed by atoms with E-state index in [9.17, 15) is 4.79 Å². The van der Waals surface area contributed by atoms with Crippen molar-refractivity contribution in [3.05, 3.63) is 54.1 Å². The standard InChI is InChI=1S/C18H22N4O/c1-21-10-12-22(13-11-21)15-8-6-14(7-9-15)20-18(23)16-4-2-3-5-17(16)19/h2-9H,10-13,19H2,1H3,(H,20,23). The molecule has 23 heavy (non-hydrogen) atoms. The molecule has 0 bridgehead atoms. The first kappa shape index (κ1) is 15.4. The minimum absolute atomic E-state index is 0.185. The molecule has 5 heteroatoms. The third-order valence-corrected chi connectivity index (χ3v) is 4.20. The highest BCUT2D eigenvalue weighted by molar-refractivity contribution is 6.07. The van der Waals surface area contributed by atoms with E-state index in [1.165, 1.54) is 5.69 Å². The molecule has 0 aliphatic carbocycles. The molecule has 0 saturated carbocycles. The minimum Gasteiger partial charge on any atom is -0.398 e. The number of nitrogens with one attached hydrogen (secondary N) is 1. The van der Waals surface area contributed by atoms with Gasteiger partial charge in [0.1, 0.15) is 0 Å². The molecular weight excluding hydrogens is 288 g/mol. The Labute approximate surface area is 136 Å². The fourth-order valence-corrected chi connectivity index (χ4v) is 2.72. The zero-order valence-corrected chi connectivity index (χ0v) is 13.3. The van der Waals surface area contributed by atoms with Gasteiger partial charge < -0.3 is 20.9 Å². The summed E-state index contributed by atoms with van der Waals surface area (Å²) in [4.78, 5) is 16.9. The topological polar surface area (TPSA) is 61.6 Å². The Hall–Kier alpha value is -2.53. The van der Waals surface area contributed by atoms with E-state index >= 15 is 0 Å². The lowest BCUT2D eigenvalue weighted by molar-refractivity contribution is 0.102. The molecule has 1 amide bonds. The molecule has 0 spiro atoms. The lowest BCUT2D eigenvalue weighted by atomic mass is 10.1. The van der Waals surface area contributed by atoms with E-state index in [2.05, 4.69) is 34.3 Å². The van der Waals surface area contributed by atoms with Crippen LogP contribution in [0.3, 0.4) is 0 Å². The number of likely N-dealkylation sites (N-methyl/N-ethyl adjacent to an activating group) is 1. The van der Waals surface area contributed by atoms with E-state index < -0.39 is 0 Å². The maximum atomic E-state index is 12.3. The average Bonchev–Trinajstić information content (AvgIpc) is 2.57. The van der Waals surface area contributed by atoms with Crippen LogP contribution in [0, 0.1) is 0 Å². The van der Waals surface area contributed by atoms with E-state index in [1.54, 1.807) is 12.1 Å². The van der Waals surface area contributed by atoms with Crippen molar-refractivity contribution in [3.63, 3.8) is 0 Å². The summed E-state index contributed by atoms with van der Waals surface area (Å²) in [6, 6.07) is 15.0. The molecule has 0 atom stereocenters. The lowest BCUT2D eigenvalue weighted by Gasteiger charge is -2.34. The molecule has 0 unspecified atom stereocenters. The Bertz CT molecular complexity index is 676. The molecule has 5 nitrogen and oxygen atoms in total. The van der Waals surface area contributed by atoms with Crippen molar-refractivity contribution >= 4 is 23.0 Å². The van der Waals surface area contributed by atoms with Gasteiger partial charge in [-0.2, -0.15) is 0 Å². The second-order valence-electron chi connectivity index (χ2n) is 5.88. The number of amides is 1. The van der Waals surface area contributed by atoms with Crippen molar-refractivity contribution in [1.82, 2.24) is 4.90 Å². The van der Waals surface area contributed by atoms with Crippen LogP contribution in [0.5, 0.6) is 0 Å². The quantitative estimate of drug-likeness (QED) is 0.854. The molecule has 3 N–H and O–H groups in total. The molecule has 1 saturated heterocycles. The van der Waals surface area contributed by atoms with Crippen molar-refractivity contribution in [2.45, 2.75) is 0 Å². The summed E-state index contributed by atoms with van der Waals surface area (Å²) in [5.74, 6) is -0.185. The number of benzene rings is 2. The number of hydrogen-bond donors (Lipinski definition) is 2. The van der Waals surface area contributed by atoms with Gasteiger partial charge in [-0.15, -0.1) is 0 Å². The highest BCUT2D eigenvalue weighted by atomic mass is 16.1. The van der Waals surface area contributed by atoms with E-state index in [1.807, 2.05) is 24.3 Å². The van der Waals surface area contributed by atoms with E-state index in [-0.39, 0.29) is 5.91 Å². The summed E-state index contributed by atoms with van der Waals surface area (Å²) in [7, 11) is 2.14. The number of hydrogen-bond acceptors (Lipinski definition) is 4. The summed E-state index contributed by atoms with van der Waals surface area (Å²) in [5.41, 5.74) is 8.78. The SMILES string of the molecule is CN1CCN(c2ccc(NC(=O)c3ccccc3N)cc2)CC1. The third kappa shape index (κ3) is 3.63. The van der Waals surface area contributed by atoms with Gasteiger partial charge in [0, 0.05) is 43.2 Å². The molecule has 0 aromatic heterocycles. The number of anilines is 3. The van der Waals surface area contributed by atoms with Gasteiger partial charge in [0.25, 0.3) is 5.91 Å². The van der Waals surface area contributed by atoms with Crippen LogP contribution >= 0.6 is 0 Å². The maximum Gasteiger partial charge on any atom is 0.257 e. The van der Waals surface area contributed by atoms with Crippen LogP contribution < -0.4 is 16.0 Å². The van der Waals surface area contributed by atoms with Gasteiger partial charge in [-0.05, 0) is 43.4 Å². The van der Waals surface area contributed by atoms with Crippen LogP contribution in [-0.4, -0.2) is 44.0 Å². The average molecular weight is 310 g/mol. The number of piperazine rings is 1. The van der Waals surface area contributed by atoms with E-state index in [4.69, 9.17) is 5.73 Å². The van der Waals surface area contributed by atoms with Crippen LogP contribution in [0.4, 0.5) is 17.1 Å². The predicted octanol–water partition coefficient (Wildman–Crippen LogP) is 2.27. The van der Waals surface area contributed by atoms with E-state index in [0.717, 1.165) is 31.9 Å². The molecule has 2 aromatic rings. The van der Waals surface area contributed by atoms with Crippen molar-refractivity contribution in [2.75, 3.05) is 49.2 Å². The van der Waals surface area contributed by atoms with Crippen LogP contribution in [0.1, 0.15) is 10.4 Å². The molecule has 1 fully saturated rings. The van der Waals surface area contributed by atoms with Gasteiger partial charge in [0.15, 0.2) is 0 Å². The Balaban J connectivity index is 1.66. The summed E-state index contributed by atoms with van der Waals surface area (Å²) in [6.45, 7) is 4.21. The summed E-state index contributed by atoms with van der Waals surface area (Å²) in [5, 5.41) is 2.89. The van der Waals surface area contributed by atoms with Crippen LogP contribution in [-0.2, 0) is 0 Å².